The van der Waals surface area contributed by atoms with Crippen LogP contribution in [0.4, 0.5) is 10.1 Å². The molecular formula is C21H12ClFN4O4. The lowest BCUT2D eigenvalue weighted by Crippen LogP contribution is -2.35. The largest absolute Gasteiger partial charge is 0.282 e. The van der Waals surface area contributed by atoms with E-state index in [1.807, 2.05) is 0 Å². The van der Waals surface area contributed by atoms with E-state index in [2.05, 4.69) is 10.4 Å². The minimum atomic E-state index is -0.981. The molecule has 0 spiro atoms. The Morgan fingerprint density at radius 1 is 1.10 bits per heavy atom. The summed E-state index contributed by atoms with van der Waals surface area (Å²) in [6.45, 7) is 0. The first kappa shape index (κ1) is 20.2. The minimum Gasteiger partial charge on any atom is -0.267 e. The Labute approximate surface area is 178 Å². The van der Waals surface area contributed by atoms with Gasteiger partial charge < -0.3 is 0 Å². The average molecular weight is 439 g/mol. The number of nitrogens with zero attached hydrogens (tertiary/aromatic N) is 3. The van der Waals surface area contributed by atoms with Gasteiger partial charge in [-0.25, -0.2) is 9.37 Å². The number of nitro benzene ring substituents is 1. The van der Waals surface area contributed by atoms with Crippen molar-refractivity contribution in [3.8, 4) is 11.4 Å². The molecule has 10 heteroatoms. The van der Waals surface area contributed by atoms with Crippen LogP contribution in [0.2, 0.25) is 5.02 Å². The SMILES string of the molecule is O=C(Nn1c(-c2ccccc2F)nc2ccccc2c1=O)c1cc(Cl)ccc1[N+](=O)[O-]. The van der Waals surface area contributed by atoms with Crippen molar-refractivity contribution in [2.45, 2.75) is 0 Å². The number of hydrogen-bond acceptors (Lipinski definition) is 5. The normalized spacial score (nSPS) is 10.8. The molecule has 0 bridgehead atoms. The number of rotatable bonds is 4. The second kappa shape index (κ2) is 7.96. The maximum absolute atomic E-state index is 14.5. The molecule has 0 aliphatic carbocycles. The summed E-state index contributed by atoms with van der Waals surface area (Å²) in [5, 5.41) is 11.6. The highest BCUT2D eigenvalue weighted by Crippen LogP contribution is 2.24. The van der Waals surface area contributed by atoms with E-state index in [1.54, 1.807) is 24.3 Å². The number of aromatic nitrogens is 2. The van der Waals surface area contributed by atoms with Gasteiger partial charge in [0.1, 0.15) is 11.4 Å². The predicted octanol–water partition coefficient (Wildman–Crippen LogP) is 4.15. The highest BCUT2D eigenvalue weighted by atomic mass is 35.5. The summed E-state index contributed by atoms with van der Waals surface area (Å²) in [4.78, 5) is 40.9. The van der Waals surface area contributed by atoms with Gasteiger partial charge in [0, 0.05) is 11.1 Å². The minimum absolute atomic E-state index is 0.0359. The number of fused-ring (bicyclic) bond motifs is 1. The van der Waals surface area contributed by atoms with E-state index < -0.39 is 27.9 Å². The second-order valence-corrected chi connectivity index (χ2v) is 6.87. The highest BCUT2D eigenvalue weighted by Gasteiger charge is 2.23. The molecule has 4 aromatic rings. The zero-order chi connectivity index (χ0) is 22.1. The molecular weight excluding hydrogens is 427 g/mol. The predicted molar refractivity (Wildman–Crippen MR) is 113 cm³/mol. The van der Waals surface area contributed by atoms with Crippen molar-refractivity contribution in [3.05, 3.63) is 104 Å². The molecule has 1 aromatic heterocycles. The number of para-hydroxylation sites is 1. The van der Waals surface area contributed by atoms with E-state index in [0.717, 1.165) is 16.8 Å². The second-order valence-electron chi connectivity index (χ2n) is 6.43. The Bertz CT molecular complexity index is 1420. The summed E-state index contributed by atoms with van der Waals surface area (Å²) in [5.41, 5.74) is 1.02. The number of hydrogen-bond donors (Lipinski definition) is 1. The van der Waals surface area contributed by atoms with E-state index in [9.17, 15) is 24.1 Å². The molecule has 0 atom stereocenters. The lowest BCUT2D eigenvalue weighted by Gasteiger charge is -2.15. The van der Waals surface area contributed by atoms with Crippen molar-refractivity contribution in [3.63, 3.8) is 0 Å². The standard InChI is InChI=1S/C21H12ClFN4O4/c22-12-9-10-18(27(30)31)15(11-12)20(28)25-26-19(13-5-1-3-7-16(13)23)24-17-8-4-2-6-14(17)21(26)29/h1-11H,(H,25,28). The fraction of sp³-hybridized carbons (Fsp3) is 0. The maximum Gasteiger partial charge on any atom is 0.282 e. The molecule has 0 aliphatic heterocycles. The third-order valence-corrected chi connectivity index (χ3v) is 4.74. The Balaban J connectivity index is 1.93. The molecule has 154 valence electrons. The Morgan fingerprint density at radius 2 is 1.81 bits per heavy atom. The summed E-state index contributed by atoms with van der Waals surface area (Å²) in [7, 11) is 0. The molecule has 1 heterocycles. The van der Waals surface area contributed by atoms with Crippen molar-refractivity contribution in [1.82, 2.24) is 9.66 Å². The summed E-state index contributed by atoms with van der Waals surface area (Å²) >= 11 is 5.89. The lowest BCUT2D eigenvalue weighted by molar-refractivity contribution is -0.385. The van der Waals surface area contributed by atoms with Crippen molar-refractivity contribution in [2.75, 3.05) is 5.43 Å². The van der Waals surface area contributed by atoms with Gasteiger partial charge in [0.05, 0.1) is 21.4 Å². The summed E-state index contributed by atoms with van der Waals surface area (Å²) < 4.78 is 15.3. The van der Waals surface area contributed by atoms with Crippen LogP contribution >= 0.6 is 11.6 Å². The molecule has 3 aromatic carbocycles. The van der Waals surface area contributed by atoms with Gasteiger partial charge in [-0.1, -0.05) is 35.9 Å². The average Bonchev–Trinajstić information content (AvgIpc) is 2.75. The third-order valence-electron chi connectivity index (χ3n) is 4.50. The van der Waals surface area contributed by atoms with Crippen LogP contribution in [-0.2, 0) is 0 Å². The number of nitro groups is 1. The van der Waals surface area contributed by atoms with Crippen LogP contribution in [0.25, 0.3) is 22.3 Å². The van der Waals surface area contributed by atoms with Crippen LogP contribution in [-0.4, -0.2) is 20.5 Å². The van der Waals surface area contributed by atoms with Gasteiger partial charge in [-0.15, -0.1) is 0 Å². The van der Waals surface area contributed by atoms with Crippen LogP contribution in [0.3, 0.4) is 0 Å². The summed E-state index contributed by atoms with van der Waals surface area (Å²) in [6.07, 6.45) is 0. The van der Waals surface area contributed by atoms with Crippen LogP contribution < -0.4 is 11.0 Å². The lowest BCUT2D eigenvalue weighted by atomic mass is 10.1. The van der Waals surface area contributed by atoms with Crippen LogP contribution in [0.5, 0.6) is 0 Å². The molecule has 4 rings (SSSR count). The molecule has 0 unspecified atom stereocenters. The van der Waals surface area contributed by atoms with Gasteiger partial charge in [-0.3, -0.25) is 25.1 Å². The first-order valence-corrected chi connectivity index (χ1v) is 9.26. The van der Waals surface area contributed by atoms with Gasteiger partial charge in [0.15, 0.2) is 5.82 Å². The number of carbonyl (C=O) groups is 1. The van der Waals surface area contributed by atoms with Crippen LogP contribution in [0.1, 0.15) is 10.4 Å². The Morgan fingerprint density at radius 3 is 2.55 bits per heavy atom. The first-order valence-electron chi connectivity index (χ1n) is 8.89. The fourth-order valence-electron chi connectivity index (χ4n) is 3.07. The molecule has 0 saturated carbocycles. The zero-order valence-electron chi connectivity index (χ0n) is 15.6. The third kappa shape index (κ3) is 3.74. The van der Waals surface area contributed by atoms with Gasteiger partial charge in [-0.2, -0.15) is 4.68 Å². The molecule has 0 fully saturated rings. The summed E-state index contributed by atoms with van der Waals surface area (Å²) in [5.74, 6) is -1.81. The Kier molecular flexibility index (Phi) is 5.18. The van der Waals surface area contributed by atoms with Crippen molar-refractivity contribution >= 4 is 34.1 Å². The number of nitrogens with one attached hydrogen (secondary N) is 1. The van der Waals surface area contributed by atoms with Crippen molar-refractivity contribution < 1.29 is 14.1 Å². The topological polar surface area (TPSA) is 107 Å². The van der Waals surface area contributed by atoms with E-state index >= 15 is 0 Å². The number of benzene rings is 3. The van der Waals surface area contributed by atoms with Crippen LogP contribution in [0, 0.1) is 15.9 Å². The van der Waals surface area contributed by atoms with Gasteiger partial charge in [-0.05, 0) is 36.4 Å². The van der Waals surface area contributed by atoms with Crippen molar-refractivity contribution in [2.24, 2.45) is 0 Å². The van der Waals surface area contributed by atoms with Gasteiger partial charge >= 0.3 is 0 Å². The molecule has 0 saturated heterocycles. The van der Waals surface area contributed by atoms with E-state index in [-0.39, 0.29) is 27.4 Å². The molecule has 0 radical (unpaired) electrons. The van der Waals surface area contributed by atoms with Crippen LogP contribution in [0.15, 0.2) is 71.5 Å². The number of carbonyl (C=O) groups excluding carboxylic acids is 1. The van der Waals surface area contributed by atoms with Crippen molar-refractivity contribution in [1.29, 1.82) is 0 Å². The molecule has 8 nitrogen and oxygen atoms in total. The highest BCUT2D eigenvalue weighted by molar-refractivity contribution is 6.31. The number of amides is 1. The maximum atomic E-state index is 14.5. The molecule has 31 heavy (non-hydrogen) atoms. The summed E-state index contributed by atoms with van der Waals surface area (Å²) in [6, 6.07) is 15.4. The van der Waals surface area contributed by atoms with E-state index in [0.29, 0.717) is 5.52 Å². The van der Waals surface area contributed by atoms with Gasteiger partial charge in [0.25, 0.3) is 17.2 Å². The molecule has 1 amide bonds. The van der Waals surface area contributed by atoms with Gasteiger partial charge in [0.2, 0.25) is 0 Å². The Hall–Kier alpha value is -4.11. The zero-order valence-corrected chi connectivity index (χ0v) is 16.3. The van der Waals surface area contributed by atoms with E-state index in [4.69, 9.17) is 11.6 Å². The smallest absolute Gasteiger partial charge is 0.267 e. The monoisotopic (exact) mass is 438 g/mol. The molecule has 1 N–H and O–H groups in total. The fourth-order valence-corrected chi connectivity index (χ4v) is 3.24. The molecule has 0 aliphatic rings. The first-order chi connectivity index (χ1) is 14.9. The number of halogens is 2. The quantitative estimate of drug-likeness (QED) is 0.380. The van der Waals surface area contributed by atoms with E-state index in [1.165, 1.54) is 30.3 Å².